The molecule has 1 aliphatic rings. The zero-order chi connectivity index (χ0) is 17.8. The third kappa shape index (κ3) is 8.09. The van der Waals surface area contributed by atoms with E-state index in [1.165, 1.54) is 24.8 Å². The molecule has 0 atom stereocenters. The van der Waals surface area contributed by atoms with Gasteiger partial charge in [0, 0.05) is 13.0 Å². The van der Waals surface area contributed by atoms with Gasteiger partial charge in [0.05, 0.1) is 6.54 Å². The van der Waals surface area contributed by atoms with Crippen LogP contribution in [0.3, 0.4) is 0 Å². The maximum Gasteiger partial charge on any atom is 0.303 e. The van der Waals surface area contributed by atoms with Gasteiger partial charge in [-0.25, -0.2) is 0 Å². The summed E-state index contributed by atoms with van der Waals surface area (Å²) in [6, 6.07) is 0. The maximum absolute atomic E-state index is 12.6. The first kappa shape index (κ1) is 20.9. The quantitative estimate of drug-likeness (QED) is 0.500. The molecule has 0 bridgehead atoms. The summed E-state index contributed by atoms with van der Waals surface area (Å²) in [7, 11) is 0. The summed E-state index contributed by atoms with van der Waals surface area (Å²) in [5.41, 5.74) is 2.49. The first-order chi connectivity index (χ1) is 11.6. The van der Waals surface area contributed by atoms with Crippen molar-refractivity contribution >= 4 is 11.8 Å². The summed E-state index contributed by atoms with van der Waals surface area (Å²) in [6.45, 7) is 6.78. The fraction of sp³-hybridized carbons (Fsp3) is 0.800. The summed E-state index contributed by atoms with van der Waals surface area (Å²) >= 11 is 0. The molecule has 0 amide bonds. The summed E-state index contributed by atoms with van der Waals surface area (Å²) in [4.78, 5) is 25.4. The minimum atomic E-state index is -0.718. The van der Waals surface area contributed by atoms with Gasteiger partial charge in [-0.15, -0.1) is 0 Å². The van der Waals surface area contributed by atoms with E-state index in [9.17, 15) is 9.59 Å². The molecule has 0 aromatic heterocycles. The van der Waals surface area contributed by atoms with Crippen LogP contribution in [-0.4, -0.2) is 41.4 Å². The molecule has 24 heavy (non-hydrogen) atoms. The van der Waals surface area contributed by atoms with E-state index in [-0.39, 0.29) is 6.42 Å². The molecule has 1 heterocycles. The van der Waals surface area contributed by atoms with Gasteiger partial charge in [0.1, 0.15) is 0 Å². The Morgan fingerprint density at radius 2 is 1.71 bits per heavy atom. The molecule has 1 aliphatic heterocycles. The molecule has 138 valence electrons. The number of carbonyl (C=O) groups excluding carboxylic acids is 1. The van der Waals surface area contributed by atoms with Crippen molar-refractivity contribution < 1.29 is 14.7 Å². The lowest BCUT2D eigenvalue weighted by atomic mass is 9.91. The Morgan fingerprint density at radius 3 is 2.38 bits per heavy atom. The highest BCUT2D eigenvalue weighted by molar-refractivity contribution is 5.98. The third-order valence-electron chi connectivity index (χ3n) is 4.77. The fourth-order valence-electron chi connectivity index (χ4n) is 3.35. The van der Waals surface area contributed by atoms with E-state index in [0.717, 1.165) is 63.6 Å². The van der Waals surface area contributed by atoms with Crippen LogP contribution < -0.4 is 0 Å². The van der Waals surface area contributed by atoms with Gasteiger partial charge in [0.2, 0.25) is 0 Å². The minimum absolute atomic E-state index is 0.252. The van der Waals surface area contributed by atoms with Crippen molar-refractivity contribution in [2.45, 2.75) is 84.5 Å². The molecular weight excluding hydrogens is 302 g/mol. The number of aliphatic carboxylic acids is 1. The van der Waals surface area contributed by atoms with Crippen molar-refractivity contribution in [2.24, 2.45) is 0 Å². The lowest BCUT2D eigenvalue weighted by molar-refractivity contribution is -0.137. The summed E-state index contributed by atoms with van der Waals surface area (Å²) in [5.74, 6) is -0.392. The second-order valence-corrected chi connectivity index (χ2v) is 6.98. The zero-order valence-electron chi connectivity index (χ0n) is 15.6. The Labute approximate surface area is 147 Å². The molecule has 0 saturated heterocycles. The second kappa shape index (κ2) is 12.2. The highest BCUT2D eigenvalue weighted by atomic mass is 16.4. The van der Waals surface area contributed by atoms with Crippen LogP contribution in [0.4, 0.5) is 0 Å². The van der Waals surface area contributed by atoms with Crippen LogP contribution in [0.25, 0.3) is 0 Å². The van der Waals surface area contributed by atoms with Crippen LogP contribution in [0, 0.1) is 0 Å². The molecule has 4 heteroatoms. The average Bonchev–Trinajstić information content (AvgIpc) is 2.53. The number of carbonyl (C=O) groups is 2. The largest absolute Gasteiger partial charge is 0.481 e. The molecule has 0 saturated carbocycles. The van der Waals surface area contributed by atoms with Gasteiger partial charge in [-0.1, -0.05) is 39.5 Å². The molecule has 0 aromatic rings. The topological polar surface area (TPSA) is 57.6 Å². The predicted molar refractivity (Wildman–Crippen MR) is 98.2 cm³/mol. The first-order valence-electron chi connectivity index (χ1n) is 9.76. The summed E-state index contributed by atoms with van der Waals surface area (Å²) < 4.78 is 0. The fourth-order valence-corrected chi connectivity index (χ4v) is 3.35. The number of hydrogen-bond acceptors (Lipinski definition) is 3. The van der Waals surface area contributed by atoms with Crippen molar-refractivity contribution in [3.05, 3.63) is 11.1 Å². The standard InChI is InChI=1S/C20H35NO3/c1-3-5-8-11-17-15-21(14-10-7-9-13-20(23)24)16-19(22)18(17)12-6-4-2/h3-16H2,1-2H3,(H,23,24). The van der Waals surface area contributed by atoms with Crippen molar-refractivity contribution in [3.63, 3.8) is 0 Å². The van der Waals surface area contributed by atoms with Crippen LogP contribution in [0.5, 0.6) is 0 Å². The Balaban J connectivity index is 2.52. The minimum Gasteiger partial charge on any atom is -0.481 e. The molecule has 0 aromatic carbocycles. The number of carboxylic acid groups (broad SMARTS) is 1. The van der Waals surface area contributed by atoms with Crippen molar-refractivity contribution in [1.82, 2.24) is 4.90 Å². The Hall–Kier alpha value is -1.16. The number of nitrogens with zero attached hydrogens (tertiary/aromatic N) is 1. The smallest absolute Gasteiger partial charge is 0.303 e. The van der Waals surface area contributed by atoms with E-state index in [0.29, 0.717) is 12.3 Å². The van der Waals surface area contributed by atoms with E-state index < -0.39 is 5.97 Å². The van der Waals surface area contributed by atoms with Gasteiger partial charge < -0.3 is 5.11 Å². The highest BCUT2D eigenvalue weighted by Crippen LogP contribution is 2.25. The van der Waals surface area contributed by atoms with Gasteiger partial charge >= 0.3 is 5.97 Å². The second-order valence-electron chi connectivity index (χ2n) is 6.98. The van der Waals surface area contributed by atoms with Crippen molar-refractivity contribution in [1.29, 1.82) is 0 Å². The number of rotatable bonds is 13. The van der Waals surface area contributed by atoms with Crippen molar-refractivity contribution in [2.75, 3.05) is 19.6 Å². The van der Waals surface area contributed by atoms with Crippen LogP contribution in [0.15, 0.2) is 11.1 Å². The summed E-state index contributed by atoms with van der Waals surface area (Å²) in [5, 5.41) is 8.67. The lowest BCUT2D eigenvalue weighted by Crippen LogP contribution is -2.38. The van der Waals surface area contributed by atoms with E-state index in [1.807, 2.05) is 0 Å². The molecule has 0 radical (unpaired) electrons. The van der Waals surface area contributed by atoms with E-state index in [1.54, 1.807) is 0 Å². The normalized spacial score (nSPS) is 16.0. The maximum atomic E-state index is 12.6. The molecule has 0 unspecified atom stereocenters. The Kier molecular flexibility index (Phi) is 10.6. The van der Waals surface area contributed by atoms with Gasteiger partial charge in [0.15, 0.2) is 5.78 Å². The molecule has 1 rings (SSSR count). The Bertz CT molecular complexity index is 429. The molecule has 0 aliphatic carbocycles. The van der Waals surface area contributed by atoms with E-state index in [2.05, 4.69) is 18.7 Å². The highest BCUT2D eigenvalue weighted by Gasteiger charge is 2.24. The predicted octanol–water partition coefficient (Wildman–Crippen LogP) is 4.58. The van der Waals surface area contributed by atoms with Crippen LogP contribution >= 0.6 is 0 Å². The number of hydrogen-bond donors (Lipinski definition) is 1. The van der Waals surface area contributed by atoms with Gasteiger partial charge in [0.25, 0.3) is 0 Å². The molecule has 0 fully saturated rings. The zero-order valence-corrected chi connectivity index (χ0v) is 15.6. The molecule has 0 spiro atoms. The molecular formula is C20H35NO3. The molecule has 1 N–H and O–H groups in total. The summed E-state index contributed by atoms with van der Waals surface area (Å²) in [6.07, 6.45) is 10.8. The van der Waals surface area contributed by atoms with Crippen LogP contribution in [0.2, 0.25) is 0 Å². The molecule has 4 nitrogen and oxygen atoms in total. The first-order valence-corrected chi connectivity index (χ1v) is 9.76. The van der Waals surface area contributed by atoms with Gasteiger partial charge in [-0.3, -0.25) is 14.5 Å². The van der Waals surface area contributed by atoms with Gasteiger partial charge in [-0.05, 0) is 56.2 Å². The van der Waals surface area contributed by atoms with E-state index >= 15 is 0 Å². The third-order valence-corrected chi connectivity index (χ3v) is 4.77. The SMILES string of the molecule is CCCCCC1=C(CCCC)C(=O)CN(CCCCCC(=O)O)C1. The lowest BCUT2D eigenvalue weighted by Gasteiger charge is -2.30. The van der Waals surface area contributed by atoms with Crippen molar-refractivity contribution in [3.8, 4) is 0 Å². The van der Waals surface area contributed by atoms with E-state index in [4.69, 9.17) is 5.11 Å². The van der Waals surface area contributed by atoms with Crippen LogP contribution in [-0.2, 0) is 9.59 Å². The number of Topliss-reactive ketones (excluding diaryl/α,β-unsaturated/α-hetero) is 1. The number of carboxylic acids is 1. The van der Waals surface area contributed by atoms with Gasteiger partial charge in [-0.2, -0.15) is 0 Å². The average molecular weight is 338 g/mol. The monoisotopic (exact) mass is 337 g/mol. The van der Waals surface area contributed by atoms with Crippen LogP contribution in [0.1, 0.15) is 84.5 Å². The number of ketones is 1. The Morgan fingerprint density at radius 1 is 0.958 bits per heavy atom. The number of unbranched alkanes of at least 4 members (excludes halogenated alkanes) is 5.